The van der Waals surface area contributed by atoms with Crippen LogP contribution in [0.3, 0.4) is 0 Å². The van der Waals surface area contributed by atoms with Gasteiger partial charge in [-0.15, -0.1) is 0 Å². The van der Waals surface area contributed by atoms with Gasteiger partial charge in [-0.05, 0) is 47.0 Å². The molecule has 0 bridgehead atoms. The van der Waals surface area contributed by atoms with Gasteiger partial charge < -0.3 is 5.73 Å². The summed E-state index contributed by atoms with van der Waals surface area (Å²) in [5.74, 6) is -0.724. The van der Waals surface area contributed by atoms with E-state index in [9.17, 15) is 8.78 Å². The molecule has 4 heteroatoms. The van der Waals surface area contributed by atoms with Crippen LogP contribution in [0.1, 0.15) is 18.1 Å². The van der Waals surface area contributed by atoms with Gasteiger partial charge in [0.25, 0.3) is 0 Å². The zero-order valence-electron chi connectivity index (χ0n) is 10.5. The minimum absolute atomic E-state index is 0.229. The van der Waals surface area contributed by atoms with E-state index in [0.717, 1.165) is 0 Å². The standard InChI is InChI=1S/C15H14BrF2N/c1-15(19,9-10-5-2-3-8-13(10)17)11-6-4-7-12(16)14(11)18/h2-8H,9,19H2,1H3. The average Bonchev–Trinajstić information content (AvgIpc) is 2.35. The number of halogens is 3. The number of rotatable bonds is 3. The maximum Gasteiger partial charge on any atom is 0.142 e. The molecule has 0 aliphatic heterocycles. The Bertz CT molecular complexity index is 596. The molecule has 0 radical (unpaired) electrons. The highest BCUT2D eigenvalue weighted by atomic mass is 79.9. The van der Waals surface area contributed by atoms with Crippen molar-refractivity contribution in [1.82, 2.24) is 0 Å². The Kier molecular flexibility index (Phi) is 4.02. The van der Waals surface area contributed by atoms with Crippen molar-refractivity contribution in [3.63, 3.8) is 0 Å². The Hall–Kier alpha value is -1.26. The van der Waals surface area contributed by atoms with Crippen LogP contribution in [0, 0.1) is 11.6 Å². The lowest BCUT2D eigenvalue weighted by Gasteiger charge is -2.26. The number of hydrogen-bond donors (Lipinski definition) is 1. The van der Waals surface area contributed by atoms with E-state index in [1.807, 2.05) is 0 Å². The van der Waals surface area contributed by atoms with Crippen LogP contribution < -0.4 is 5.73 Å². The summed E-state index contributed by atoms with van der Waals surface area (Å²) in [4.78, 5) is 0. The van der Waals surface area contributed by atoms with Crippen molar-refractivity contribution in [2.45, 2.75) is 18.9 Å². The molecule has 0 aromatic heterocycles. The summed E-state index contributed by atoms with van der Waals surface area (Å²) in [6.45, 7) is 1.70. The zero-order valence-corrected chi connectivity index (χ0v) is 12.0. The molecule has 0 saturated carbocycles. The Morgan fingerprint density at radius 1 is 1.11 bits per heavy atom. The smallest absolute Gasteiger partial charge is 0.142 e. The van der Waals surface area contributed by atoms with E-state index in [2.05, 4.69) is 15.9 Å². The highest BCUT2D eigenvalue weighted by molar-refractivity contribution is 9.10. The monoisotopic (exact) mass is 325 g/mol. The Labute approximate surface area is 119 Å². The van der Waals surface area contributed by atoms with Crippen LogP contribution in [-0.2, 0) is 12.0 Å². The van der Waals surface area contributed by atoms with Crippen LogP contribution in [0.5, 0.6) is 0 Å². The van der Waals surface area contributed by atoms with E-state index in [1.54, 1.807) is 43.3 Å². The van der Waals surface area contributed by atoms with Gasteiger partial charge >= 0.3 is 0 Å². The predicted molar refractivity (Wildman–Crippen MR) is 75.7 cm³/mol. The third kappa shape index (κ3) is 3.01. The van der Waals surface area contributed by atoms with E-state index < -0.39 is 11.4 Å². The molecule has 0 heterocycles. The van der Waals surface area contributed by atoms with Gasteiger partial charge in [-0.2, -0.15) is 0 Å². The van der Waals surface area contributed by atoms with Gasteiger partial charge in [-0.25, -0.2) is 8.78 Å². The van der Waals surface area contributed by atoms with Crippen molar-refractivity contribution in [2.24, 2.45) is 5.73 Å². The van der Waals surface area contributed by atoms with E-state index in [-0.39, 0.29) is 12.2 Å². The SMILES string of the molecule is CC(N)(Cc1ccccc1F)c1cccc(Br)c1F. The second-order valence-electron chi connectivity index (χ2n) is 4.79. The Morgan fingerprint density at radius 2 is 1.79 bits per heavy atom. The minimum Gasteiger partial charge on any atom is -0.321 e. The third-order valence-electron chi connectivity index (χ3n) is 3.08. The van der Waals surface area contributed by atoms with Crippen molar-refractivity contribution in [1.29, 1.82) is 0 Å². The quantitative estimate of drug-likeness (QED) is 0.901. The first-order valence-corrected chi connectivity index (χ1v) is 6.68. The molecule has 0 fully saturated rings. The van der Waals surface area contributed by atoms with Crippen molar-refractivity contribution in [3.05, 3.63) is 69.7 Å². The molecule has 2 aromatic carbocycles. The molecule has 100 valence electrons. The largest absolute Gasteiger partial charge is 0.321 e. The van der Waals surface area contributed by atoms with Gasteiger partial charge in [0.2, 0.25) is 0 Å². The second-order valence-corrected chi connectivity index (χ2v) is 5.64. The van der Waals surface area contributed by atoms with Gasteiger partial charge in [-0.3, -0.25) is 0 Å². The molecule has 1 nitrogen and oxygen atoms in total. The van der Waals surface area contributed by atoms with Gasteiger partial charge in [0, 0.05) is 11.1 Å². The van der Waals surface area contributed by atoms with Crippen molar-refractivity contribution in [2.75, 3.05) is 0 Å². The molecule has 2 aromatic rings. The first kappa shape index (κ1) is 14.2. The predicted octanol–water partition coefficient (Wildman–Crippen LogP) is 4.14. The van der Waals surface area contributed by atoms with E-state index >= 15 is 0 Å². The van der Waals surface area contributed by atoms with Crippen molar-refractivity contribution in [3.8, 4) is 0 Å². The lowest BCUT2D eigenvalue weighted by Crippen LogP contribution is -2.36. The molecule has 19 heavy (non-hydrogen) atoms. The van der Waals surface area contributed by atoms with E-state index in [0.29, 0.717) is 15.6 Å². The van der Waals surface area contributed by atoms with E-state index in [1.165, 1.54) is 6.07 Å². The summed E-state index contributed by atoms with van der Waals surface area (Å²) < 4.78 is 28.1. The van der Waals surface area contributed by atoms with Crippen molar-refractivity contribution < 1.29 is 8.78 Å². The van der Waals surface area contributed by atoms with E-state index in [4.69, 9.17) is 5.73 Å². The first-order chi connectivity index (χ1) is 8.92. The topological polar surface area (TPSA) is 26.0 Å². The number of nitrogens with two attached hydrogens (primary N) is 1. The molecular formula is C15H14BrF2N. The molecule has 0 spiro atoms. The van der Waals surface area contributed by atoms with Crippen LogP contribution in [0.2, 0.25) is 0 Å². The number of benzene rings is 2. The maximum absolute atomic E-state index is 14.1. The lowest BCUT2D eigenvalue weighted by atomic mass is 9.86. The first-order valence-electron chi connectivity index (χ1n) is 5.88. The molecule has 2 N–H and O–H groups in total. The Morgan fingerprint density at radius 3 is 2.47 bits per heavy atom. The summed E-state index contributed by atoms with van der Waals surface area (Å²) in [6.07, 6.45) is 0.229. The fourth-order valence-corrected chi connectivity index (χ4v) is 2.44. The molecule has 0 aliphatic rings. The summed E-state index contributed by atoms with van der Waals surface area (Å²) in [5, 5.41) is 0. The Balaban J connectivity index is 2.38. The molecule has 1 unspecified atom stereocenters. The number of hydrogen-bond acceptors (Lipinski definition) is 1. The normalized spacial score (nSPS) is 14.2. The summed E-state index contributed by atoms with van der Waals surface area (Å²) in [5.41, 5.74) is 6.05. The zero-order chi connectivity index (χ0) is 14.0. The molecule has 0 amide bonds. The molecular weight excluding hydrogens is 312 g/mol. The fourth-order valence-electron chi connectivity index (χ4n) is 2.08. The summed E-state index contributed by atoms with van der Waals surface area (Å²) in [6, 6.07) is 11.4. The summed E-state index contributed by atoms with van der Waals surface area (Å²) >= 11 is 3.13. The fraction of sp³-hybridized carbons (Fsp3) is 0.200. The average molecular weight is 326 g/mol. The van der Waals surface area contributed by atoms with Crippen LogP contribution in [-0.4, -0.2) is 0 Å². The van der Waals surface area contributed by atoms with Crippen molar-refractivity contribution >= 4 is 15.9 Å². The lowest BCUT2D eigenvalue weighted by molar-refractivity contribution is 0.445. The molecule has 0 aliphatic carbocycles. The summed E-state index contributed by atoms with van der Waals surface area (Å²) in [7, 11) is 0. The van der Waals surface area contributed by atoms with Crippen LogP contribution in [0.4, 0.5) is 8.78 Å². The molecule has 0 saturated heterocycles. The molecule has 1 atom stereocenters. The third-order valence-corrected chi connectivity index (χ3v) is 3.69. The molecule has 2 rings (SSSR count). The van der Waals surface area contributed by atoms with Crippen LogP contribution in [0.15, 0.2) is 46.9 Å². The van der Waals surface area contributed by atoms with Gasteiger partial charge in [0.05, 0.1) is 4.47 Å². The minimum atomic E-state index is -0.976. The van der Waals surface area contributed by atoms with Gasteiger partial charge in [0.15, 0.2) is 0 Å². The van der Waals surface area contributed by atoms with Crippen LogP contribution in [0.25, 0.3) is 0 Å². The highest BCUT2D eigenvalue weighted by Crippen LogP contribution is 2.29. The second kappa shape index (κ2) is 5.39. The highest BCUT2D eigenvalue weighted by Gasteiger charge is 2.27. The maximum atomic E-state index is 14.1. The van der Waals surface area contributed by atoms with Gasteiger partial charge in [-0.1, -0.05) is 30.3 Å². The van der Waals surface area contributed by atoms with Gasteiger partial charge in [0.1, 0.15) is 11.6 Å². The van der Waals surface area contributed by atoms with Crippen LogP contribution >= 0.6 is 15.9 Å².